The van der Waals surface area contributed by atoms with Crippen LogP contribution in [0.3, 0.4) is 0 Å². The van der Waals surface area contributed by atoms with Crippen molar-refractivity contribution in [3.8, 4) is 17.2 Å². The highest BCUT2D eigenvalue weighted by Gasteiger charge is 2.41. The molecule has 15 nitrogen and oxygen atoms in total. The molecule has 2 aromatic rings. The van der Waals surface area contributed by atoms with Gasteiger partial charge < -0.3 is 46.3 Å². The van der Waals surface area contributed by atoms with Crippen molar-refractivity contribution in [2.45, 2.75) is 18.4 Å². The van der Waals surface area contributed by atoms with Crippen molar-refractivity contribution in [2.75, 3.05) is 26.2 Å². The molecule has 5 amide bonds. The Hall–Kier alpha value is -4.54. The Morgan fingerprint density at radius 2 is 1.88 bits per heavy atom. The molecule has 0 aliphatic carbocycles. The van der Waals surface area contributed by atoms with Crippen LogP contribution in [0.4, 0.5) is 4.79 Å². The highest BCUT2D eigenvalue weighted by Crippen LogP contribution is 2.38. The maximum atomic E-state index is 13.5. The Balaban J connectivity index is 1.60. The van der Waals surface area contributed by atoms with Crippen LogP contribution in [0, 0.1) is 0 Å². The number of fused-ring (bicyclic) bond motifs is 1. The van der Waals surface area contributed by atoms with Gasteiger partial charge in [-0.2, -0.15) is 0 Å². The number of carboxylic acids is 1. The number of piperazine rings is 1. The molecule has 0 aromatic heterocycles. The zero-order chi connectivity index (χ0) is 30.0. The van der Waals surface area contributed by atoms with Crippen LogP contribution in [0.5, 0.6) is 17.2 Å². The number of rotatable bonds is 7. The van der Waals surface area contributed by atoms with Crippen LogP contribution in [-0.2, 0) is 20.8 Å². The van der Waals surface area contributed by atoms with E-state index in [0.29, 0.717) is 10.5 Å². The summed E-state index contributed by atoms with van der Waals surface area (Å²) in [5, 5.41) is 44.2. The van der Waals surface area contributed by atoms with Gasteiger partial charge >= 0.3 is 30.9 Å². The van der Waals surface area contributed by atoms with E-state index in [1.54, 1.807) is 6.07 Å². The van der Waals surface area contributed by atoms with Crippen molar-refractivity contribution in [3.63, 3.8) is 0 Å². The number of carboxylic acid groups (broad SMARTS) is 1. The number of nitrogens with zero attached hydrogens (tertiary/aromatic N) is 2. The lowest BCUT2D eigenvalue weighted by Gasteiger charge is -2.34. The van der Waals surface area contributed by atoms with Gasteiger partial charge in [0.2, 0.25) is 5.91 Å². The molecule has 2 atom stereocenters. The fourth-order valence-electron chi connectivity index (χ4n) is 4.50. The zero-order valence-electron chi connectivity index (χ0n) is 21.2. The standard InChI is InChI=1S/C24H25BClN5O10/c26-16-12(4-5-14(32)18(16)33)17(29-24(39)31-9-8-30(7-6-27)21(35)22(31)36)20(34)28-15-10-11-2-1-3-13(23(37)38)19(11)41-25(15)40/h1-5,15,17,32-33,40H,6-10,27H2,(H,28,34)(H,29,39)(H,37,38)/t15-,17-/m0/s1. The van der Waals surface area contributed by atoms with Gasteiger partial charge in [-0.25, -0.2) is 9.59 Å². The molecular weight excluding hydrogens is 565 g/mol. The number of nitrogens with two attached hydrogens (primary N) is 1. The maximum absolute atomic E-state index is 13.5. The van der Waals surface area contributed by atoms with Crippen LogP contribution in [0.25, 0.3) is 0 Å². The average molecular weight is 590 g/mol. The molecule has 0 bridgehead atoms. The van der Waals surface area contributed by atoms with Gasteiger partial charge in [-0.05, 0) is 24.1 Å². The molecule has 0 saturated carbocycles. The number of carbonyl (C=O) groups is 5. The molecule has 8 N–H and O–H groups in total. The number of phenols is 2. The molecule has 1 saturated heterocycles. The van der Waals surface area contributed by atoms with Crippen molar-refractivity contribution in [3.05, 3.63) is 52.0 Å². The van der Waals surface area contributed by atoms with Crippen LogP contribution in [-0.4, -0.2) is 99.1 Å². The van der Waals surface area contributed by atoms with Crippen molar-refractivity contribution in [2.24, 2.45) is 5.73 Å². The number of nitrogens with one attached hydrogen (secondary N) is 2. The van der Waals surface area contributed by atoms with Crippen molar-refractivity contribution in [1.82, 2.24) is 20.4 Å². The number of halogens is 1. The van der Waals surface area contributed by atoms with E-state index in [1.165, 1.54) is 17.0 Å². The van der Waals surface area contributed by atoms with Crippen molar-refractivity contribution < 1.29 is 49.0 Å². The predicted molar refractivity (Wildman–Crippen MR) is 141 cm³/mol. The predicted octanol–water partition coefficient (Wildman–Crippen LogP) is -1.03. The quantitative estimate of drug-likeness (QED) is 0.117. The lowest BCUT2D eigenvalue weighted by Crippen LogP contribution is -2.60. The monoisotopic (exact) mass is 589 g/mol. The van der Waals surface area contributed by atoms with Gasteiger partial charge in [0, 0.05) is 31.7 Å². The molecule has 0 unspecified atom stereocenters. The molecule has 216 valence electrons. The molecular formula is C24H25BClN5O10. The van der Waals surface area contributed by atoms with Crippen LogP contribution in [0.15, 0.2) is 30.3 Å². The first-order chi connectivity index (χ1) is 19.4. The summed E-state index contributed by atoms with van der Waals surface area (Å²) in [6.07, 6.45) is -0.0608. The minimum Gasteiger partial charge on any atom is -0.534 e. The third kappa shape index (κ3) is 5.84. The number of aromatic hydroxyl groups is 2. The number of aromatic carboxylic acids is 1. The number of para-hydroxylation sites is 1. The Morgan fingerprint density at radius 1 is 1.15 bits per heavy atom. The Morgan fingerprint density at radius 3 is 2.56 bits per heavy atom. The van der Waals surface area contributed by atoms with E-state index >= 15 is 0 Å². The third-order valence-corrected chi connectivity index (χ3v) is 6.99. The largest absolute Gasteiger partial charge is 0.547 e. The summed E-state index contributed by atoms with van der Waals surface area (Å²) in [5.41, 5.74) is 5.45. The summed E-state index contributed by atoms with van der Waals surface area (Å²) in [6, 6.07) is 3.65. The first-order valence-electron chi connectivity index (χ1n) is 12.3. The van der Waals surface area contributed by atoms with Crippen molar-refractivity contribution >= 4 is 48.4 Å². The number of phenolic OH excluding ortho intramolecular Hbond substituents is 2. The lowest BCUT2D eigenvalue weighted by atomic mass is 9.72. The van der Waals surface area contributed by atoms with Gasteiger partial charge in [-0.3, -0.25) is 19.3 Å². The number of imide groups is 1. The molecule has 1 fully saturated rings. The van der Waals surface area contributed by atoms with Gasteiger partial charge in [0.1, 0.15) is 11.8 Å². The summed E-state index contributed by atoms with van der Waals surface area (Å²) in [5.74, 6) is -6.95. The van der Waals surface area contributed by atoms with E-state index in [4.69, 9.17) is 22.0 Å². The maximum Gasteiger partial charge on any atom is 0.547 e. The fourth-order valence-corrected chi connectivity index (χ4v) is 4.77. The number of benzene rings is 2. The molecule has 2 aromatic carbocycles. The second kappa shape index (κ2) is 11.9. The number of hydrogen-bond acceptors (Lipinski definition) is 10. The van der Waals surface area contributed by atoms with E-state index in [0.717, 1.165) is 12.1 Å². The SMILES string of the molecule is NCCN1CCN(C(=O)N[C@H](C(=O)N[C@H]2Cc3cccc(C(=O)O)c3OB2O)c2ccc(O)c(O)c2Cl)C(=O)C1=O. The van der Waals surface area contributed by atoms with Gasteiger partial charge in [0.05, 0.1) is 16.5 Å². The Bertz CT molecular complexity index is 1430. The normalized spacial score (nSPS) is 17.4. The number of urea groups is 1. The summed E-state index contributed by atoms with van der Waals surface area (Å²) in [7, 11) is -1.69. The number of carbonyl (C=O) groups excluding carboxylic acids is 4. The number of amides is 5. The van der Waals surface area contributed by atoms with Crippen LogP contribution in [0.2, 0.25) is 5.02 Å². The topological polar surface area (TPSA) is 232 Å². The molecule has 4 rings (SSSR count). The molecule has 2 aliphatic heterocycles. The third-order valence-electron chi connectivity index (χ3n) is 6.60. The number of hydrogen-bond donors (Lipinski definition) is 7. The highest BCUT2D eigenvalue weighted by atomic mass is 35.5. The second-order valence-electron chi connectivity index (χ2n) is 9.18. The highest BCUT2D eigenvalue weighted by molar-refractivity contribution is 6.47. The van der Waals surface area contributed by atoms with Crippen LogP contribution in [0.1, 0.15) is 27.5 Å². The van der Waals surface area contributed by atoms with E-state index in [2.05, 4.69) is 10.6 Å². The summed E-state index contributed by atoms with van der Waals surface area (Å²) < 4.78 is 5.38. The molecule has 2 heterocycles. The van der Waals surface area contributed by atoms with Crippen LogP contribution < -0.4 is 21.0 Å². The fraction of sp³-hybridized carbons (Fsp3) is 0.292. The summed E-state index contributed by atoms with van der Waals surface area (Å²) in [6.45, 7) is 0.0266. The first-order valence-corrected chi connectivity index (χ1v) is 12.6. The lowest BCUT2D eigenvalue weighted by molar-refractivity contribution is -0.153. The van der Waals surface area contributed by atoms with Crippen LogP contribution >= 0.6 is 11.6 Å². The minimum atomic E-state index is -1.70. The first kappa shape index (κ1) is 29.4. The van der Waals surface area contributed by atoms with Gasteiger partial charge in [-0.1, -0.05) is 29.8 Å². The summed E-state index contributed by atoms with van der Waals surface area (Å²) >= 11 is 6.17. The van der Waals surface area contributed by atoms with Gasteiger partial charge in [0.15, 0.2) is 11.5 Å². The van der Waals surface area contributed by atoms with E-state index < -0.39 is 65.3 Å². The molecule has 41 heavy (non-hydrogen) atoms. The molecule has 2 aliphatic rings. The van der Waals surface area contributed by atoms with Crippen molar-refractivity contribution in [1.29, 1.82) is 0 Å². The Labute approximate surface area is 237 Å². The smallest absolute Gasteiger partial charge is 0.534 e. The second-order valence-corrected chi connectivity index (χ2v) is 9.56. The minimum absolute atomic E-state index is 0.0101. The molecule has 0 radical (unpaired) electrons. The average Bonchev–Trinajstić information content (AvgIpc) is 2.93. The van der Waals surface area contributed by atoms with Gasteiger partial charge in [-0.15, -0.1) is 0 Å². The molecule has 17 heteroatoms. The Kier molecular flexibility index (Phi) is 8.56. The van der Waals surface area contributed by atoms with Gasteiger partial charge in [0.25, 0.3) is 0 Å². The van der Waals surface area contributed by atoms with E-state index in [1.807, 2.05) is 0 Å². The van der Waals surface area contributed by atoms with E-state index in [-0.39, 0.29) is 49.5 Å². The molecule has 0 spiro atoms. The summed E-state index contributed by atoms with van der Waals surface area (Å²) in [4.78, 5) is 64.9. The van der Waals surface area contributed by atoms with E-state index in [9.17, 15) is 44.3 Å². The zero-order valence-corrected chi connectivity index (χ0v) is 22.0.